The number of nitrogens with one attached hydrogen (secondary N) is 1. The maximum absolute atomic E-state index is 12.7. The predicted octanol–water partition coefficient (Wildman–Crippen LogP) is 2.57. The Morgan fingerprint density at radius 3 is 2.78 bits per heavy atom. The largest absolute Gasteiger partial charge is 0.492 e. The van der Waals surface area contributed by atoms with Crippen LogP contribution in [-0.4, -0.2) is 33.5 Å². The van der Waals surface area contributed by atoms with Gasteiger partial charge in [0.25, 0.3) is 0 Å². The second kappa shape index (κ2) is 7.87. The third kappa shape index (κ3) is 3.76. The Hall–Kier alpha value is -2.22. The Bertz CT molecular complexity index is 674. The van der Waals surface area contributed by atoms with Gasteiger partial charge in [-0.15, -0.1) is 10.2 Å². The van der Waals surface area contributed by atoms with Crippen molar-refractivity contribution in [1.82, 2.24) is 14.8 Å². The molecule has 1 aromatic carbocycles. The molecule has 1 unspecified atom stereocenters. The minimum Gasteiger partial charge on any atom is -0.492 e. The lowest BCUT2D eigenvalue weighted by atomic mass is 10.2. The molecule has 0 spiro atoms. The normalized spacial score (nSPS) is 12.0. The number of rotatable bonds is 7. The van der Waals surface area contributed by atoms with Crippen LogP contribution in [0.5, 0.6) is 5.75 Å². The van der Waals surface area contributed by atoms with Gasteiger partial charge < -0.3 is 15.8 Å². The highest BCUT2D eigenvalue weighted by atomic mass is 32.2. The SMILES string of the molecule is CCOc1ccccc1NC(=O)C(CC)n1c(N)nnc1SC. The van der Waals surface area contributed by atoms with Crippen LogP contribution >= 0.6 is 11.8 Å². The lowest BCUT2D eigenvalue weighted by Crippen LogP contribution is -2.27. The maximum Gasteiger partial charge on any atom is 0.247 e. The molecule has 8 heteroatoms. The molecule has 0 aliphatic rings. The van der Waals surface area contributed by atoms with E-state index in [-0.39, 0.29) is 11.9 Å². The molecule has 2 rings (SSSR count). The Balaban J connectivity index is 2.26. The van der Waals surface area contributed by atoms with Crippen LogP contribution in [0.4, 0.5) is 11.6 Å². The number of para-hydroxylation sites is 2. The van der Waals surface area contributed by atoms with Gasteiger partial charge in [-0.3, -0.25) is 9.36 Å². The van der Waals surface area contributed by atoms with Crippen LogP contribution < -0.4 is 15.8 Å². The molecule has 2 aromatic rings. The molecule has 0 saturated heterocycles. The summed E-state index contributed by atoms with van der Waals surface area (Å²) in [7, 11) is 0. The number of ether oxygens (including phenoxy) is 1. The summed E-state index contributed by atoms with van der Waals surface area (Å²) in [5, 5.41) is 11.4. The van der Waals surface area contributed by atoms with E-state index in [2.05, 4.69) is 15.5 Å². The minimum absolute atomic E-state index is 0.179. The number of anilines is 2. The van der Waals surface area contributed by atoms with Crippen molar-refractivity contribution in [3.8, 4) is 5.75 Å². The molecule has 0 fully saturated rings. The predicted molar refractivity (Wildman–Crippen MR) is 91.8 cm³/mol. The number of thioether (sulfide) groups is 1. The van der Waals surface area contributed by atoms with Crippen LogP contribution in [0.15, 0.2) is 29.4 Å². The molecule has 7 nitrogen and oxygen atoms in total. The third-order valence-corrected chi connectivity index (χ3v) is 3.96. The lowest BCUT2D eigenvalue weighted by molar-refractivity contribution is -0.119. The van der Waals surface area contributed by atoms with Crippen molar-refractivity contribution >= 4 is 29.3 Å². The molecule has 1 atom stereocenters. The van der Waals surface area contributed by atoms with Gasteiger partial charge in [0.05, 0.1) is 12.3 Å². The van der Waals surface area contributed by atoms with E-state index in [1.54, 1.807) is 10.6 Å². The lowest BCUT2D eigenvalue weighted by Gasteiger charge is -2.19. The van der Waals surface area contributed by atoms with E-state index in [9.17, 15) is 4.79 Å². The summed E-state index contributed by atoms with van der Waals surface area (Å²) >= 11 is 1.40. The highest BCUT2D eigenvalue weighted by molar-refractivity contribution is 7.98. The van der Waals surface area contributed by atoms with Gasteiger partial charge in [-0.25, -0.2) is 0 Å². The standard InChI is InChI=1S/C15H21N5O2S/c1-4-11(20-14(16)18-19-15(20)23-3)13(21)17-10-8-6-7-9-12(10)22-5-2/h6-9,11H,4-5H2,1-3H3,(H2,16,18)(H,17,21). The maximum atomic E-state index is 12.7. The number of carbonyl (C=O) groups is 1. The molecule has 1 amide bonds. The quantitative estimate of drug-likeness (QED) is 0.755. The molecule has 3 N–H and O–H groups in total. The summed E-state index contributed by atoms with van der Waals surface area (Å²) in [4.78, 5) is 12.7. The highest BCUT2D eigenvalue weighted by Gasteiger charge is 2.25. The van der Waals surface area contributed by atoms with Gasteiger partial charge in [0.15, 0.2) is 5.16 Å². The van der Waals surface area contributed by atoms with E-state index < -0.39 is 6.04 Å². The first-order valence-corrected chi connectivity index (χ1v) is 8.61. The first-order valence-electron chi connectivity index (χ1n) is 7.39. The van der Waals surface area contributed by atoms with Gasteiger partial charge >= 0.3 is 0 Å². The number of carbonyl (C=O) groups excluding carboxylic acids is 1. The van der Waals surface area contributed by atoms with E-state index in [1.165, 1.54) is 11.8 Å². The highest BCUT2D eigenvalue weighted by Crippen LogP contribution is 2.28. The average molecular weight is 335 g/mol. The molecule has 23 heavy (non-hydrogen) atoms. The molecule has 0 radical (unpaired) electrons. The van der Waals surface area contributed by atoms with Crippen molar-refractivity contribution in [1.29, 1.82) is 0 Å². The fourth-order valence-corrected chi connectivity index (χ4v) is 2.81. The molecule has 0 saturated carbocycles. The second-order valence-corrected chi connectivity index (χ2v) is 5.53. The van der Waals surface area contributed by atoms with Crippen LogP contribution in [0, 0.1) is 0 Å². The van der Waals surface area contributed by atoms with Crippen LogP contribution in [0.2, 0.25) is 0 Å². The Kier molecular flexibility index (Phi) is 5.86. The van der Waals surface area contributed by atoms with Crippen molar-refractivity contribution in [2.45, 2.75) is 31.5 Å². The van der Waals surface area contributed by atoms with Crippen molar-refractivity contribution in [2.24, 2.45) is 0 Å². The van der Waals surface area contributed by atoms with Crippen LogP contribution in [0.25, 0.3) is 0 Å². The van der Waals surface area contributed by atoms with Crippen molar-refractivity contribution < 1.29 is 9.53 Å². The molecule has 0 bridgehead atoms. The van der Waals surface area contributed by atoms with E-state index >= 15 is 0 Å². The van der Waals surface area contributed by atoms with E-state index in [0.717, 1.165) is 0 Å². The minimum atomic E-state index is -0.484. The number of benzene rings is 1. The van der Waals surface area contributed by atoms with Crippen molar-refractivity contribution in [3.05, 3.63) is 24.3 Å². The zero-order valence-corrected chi connectivity index (χ0v) is 14.3. The van der Waals surface area contributed by atoms with Gasteiger partial charge in [-0.2, -0.15) is 0 Å². The average Bonchev–Trinajstić information content (AvgIpc) is 2.91. The van der Waals surface area contributed by atoms with Gasteiger partial charge in [0, 0.05) is 0 Å². The summed E-state index contributed by atoms with van der Waals surface area (Å²) in [6.45, 7) is 4.34. The molecule has 124 valence electrons. The van der Waals surface area contributed by atoms with Gasteiger partial charge in [-0.05, 0) is 31.7 Å². The number of nitrogen functional groups attached to an aromatic ring is 1. The van der Waals surface area contributed by atoms with Gasteiger partial charge in [0.2, 0.25) is 11.9 Å². The second-order valence-electron chi connectivity index (χ2n) is 4.76. The Labute approximate surface area is 139 Å². The van der Waals surface area contributed by atoms with E-state index in [1.807, 2.05) is 38.3 Å². The van der Waals surface area contributed by atoms with Crippen molar-refractivity contribution in [3.63, 3.8) is 0 Å². The summed E-state index contributed by atoms with van der Waals surface area (Å²) in [6.07, 6.45) is 2.44. The van der Waals surface area contributed by atoms with E-state index in [4.69, 9.17) is 10.5 Å². The number of amides is 1. The van der Waals surface area contributed by atoms with Crippen LogP contribution in [0.3, 0.4) is 0 Å². The smallest absolute Gasteiger partial charge is 0.247 e. The summed E-state index contributed by atoms with van der Waals surface area (Å²) in [5.74, 6) is 0.691. The first kappa shape index (κ1) is 17.1. The fraction of sp³-hybridized carbons (Fsp3) is 0.400. The summed E-state index contributed by atoms with van der Waals surface area (Å²) < 4.78 is 7.19. The van der Waals surface area contributed by atoms with Gasteiger partial charge in [-0.1, -0.05) is 30.8 Å². The van der Waals surface area contributed by atoms with E-state index in [0.29, 0.717) is 29.6 Å². The molecular weight excluding hydrogens is 314 g/mol. The Morgan fingerprint density at radius 2 is 2.13 bits per heavy atom. The first-order chi connectivity index (χ1) is 11.1. The molecular formula is C15H21N5O2S. The van der Waals surface area contributed by atoms with Crippen LogP contribution in [-0.2, 0) is 4.79 Å². The number of hydrogen-bond donors (Lipinski definition) is 2. The summed E-state index contributed by atoms with van der Waals surface area (Å²) in [5.41, 5.74) is 6.51. The molecule has 1 aromatic heterocycles. The van der Waals surface area contributed by atoms with Crippen LogP contribution in [0.1, 0.15) is 26.3 Å². The zero-order valence-electron chi connectivity index (χ0n) is 13.4. The topological polar surface area (TPSA) is 95.1 Å². The number of hydrogen-bond acceptors (Lipinski definition) is 6. The monoisotopic (exact) mass is 335 g/mol. The number of nitrogens with two attached hydrogens (primary N) is 1. The summed E-state index contributed by atoms with van der Waals surface area (Å²) in [6, 6.07) is 6.85. The molecule has 0 aliphatic heterocycles. The molecule has 0 aliphatic carbocycles. The van der Waals surface area contributed by atoms with Gasteiger partial charge in [0.1, 0.15) is 11.8 Å². The number of aromatic nitrogens is 3. The zero-order chi connectivity index (χ0) is 16.8. The Morgan fingerprint density at radius 1 is 1.39 bits per heavy atom. The fourth-order valence-electron chi connectivity index (χ4n) is 2.27. The third-order valence-electron chi connectivity index (χ3n) is 3.32. The molecule has 1 heterocycles. The van der Waals surface area contributed by atoms with Crippen molar-refractivity contribution in [2.75, 3.05) is 23.9 Å². The number of nitrogens with zero attached hydrogens (tertiary/aromatic N) is 3.